The van der Waals surface area contributed by atoms with Gasteiger partial charge < -0.3 is 14.8 Å². The molecule has 1 aliphatic heterocycles. The molecule has 104 valence electrons. The highest BCUT2D eigenvalue weighted by atomic mass is 16.5. The molecule has 20 heavy (non-hydrogen) atoms. The Balaban J connectivity index is 1.87. The monoisotopic (exact) mass is 269 g/mol. The highest BCUT2D eigenvalue weighted by Crippen LogP contribution is 2.42. The molecule has 0 saturated carbocycles. The van der Waals surface area contributed by atoms with Crippen LogP contribution in [0.5, 0.6) is 11.5 Å². The van der Waals surface area contributed by atoms with Gasteiger partial charge in [0.2, 0.25) is 0 Å². The number of hydrogen-bond donors (Lipinski definition) is 1. The highest BCUT2D eigenvalue weighted by molar-refractivity contribution is 5.52. The molecule has 0 spiro atoms. The van der Waals surface area contributed by atoms with Gasteiger partial charge in [0.25, 0.3) is 0 Å². The van der Waals surface area contributed by atoms with E-state index in [1.54, 1.807) is 7.11 Å². The summed E-state index contributed by atoms with van der Waals surface area (Å²) in [6.07, 6.45) is 0.998. The van der Waals surface area contributed by atoms with E-state index in [0.717, 1.165) is 31.1 Å². The van der Waals surface area contributed by atoms with Gasteiger partial charge in [0.1, 0.15) is 11.5 Å². The van der Waals surface area contributed by atoms with Crippen molar-refractivity contribution in [2.24, 2.45) is 0 Å². The highest BCUT2D eigenvalue weighted by Gasteiger charge is 2.25. The van der Waals surface area contributed by atoms with E-state index < -0.39 is 0 Å². The van der Waals surface area contributed by atoms with Gasteiger partial charge in [-0.15, -0.1) is 0 Å². The maximum Gasteiger partial charge on any atom is 0.132 e. The number of hydrogen-bond acceptors (Lipinski definition) is 3. The van der Waals surface area contributed by atoms with Gasteiger partial charge in [-0.3, -0.25) is 0 Å². The van der Waals surface area contributed by atoms with Crippen LogP contribution in [0.4, 0.5) is 0 Å². The average Bonchev–Trinajstić information content (AvgIpc) is 2.50. The van der Waals surface area contributed by atoms with E-state index in [0.29, 0.717) is 0 Å². The second-order valence-electron chi connectivity index (χ2n) is 4.91. The maximum atomic E-state index is 5.97. The van der Waals surface area contributed by atoms with Crippen LogP contribution < -0.4 is 10.1 Å². The quantitative estimate of drug-likeness (QED) is 0.843. The summed E-state index contributed by atoms with van der Waals surface area (Å²) in [6, 6.07) is 16.6. The predicted octanol–water partition coefficient (Wildman–Crippen LogP) is 3.51. The van der Waals surface area contributed by atoms with Crippen molar-refractivity contribution >= 4 is 0 Å². The van der Waals surface area contributed by atoms with Crippen molar-refractivity contribution in [3.05, 3.63) is 59.7 Å². The van der Waals surface area contributed by atoms with E-state index in [1.165, 1.54) is 11.1 Å². The molecule has 3 heteroatoms. The Morgan fingerprint density at radius 2 is 1.60 bits per heavy atom. The Kier molecular flexibility index (Phi) is 4.00. The summed E-state index contributed by atoms with van der Waals surface area (Å²) in [5.74, 6) is 1.88. The zero-order chi connectivity index (χ0) is 13.8. The molecule has 0 unspecified atom stereocenters. The minimum Gasteiger partial charge on any atom is -0.457 e. The van der Waals surface area contributed by atoms with Gasteiger partial charge in [-0.2, -0.15) is 0 Å². The van der Waals surface area contributed by atoms with Crippen molar-refractivity contribution < 1.29 is 9.47 Å². The molecule has 0 aromatic heterocycles. The number of ether oxygens (including phenoxy) is 2. The van der Waals surface area contributed by atoms with Gasteiger partial charge in [-0.05, 0) is 25.1 Å². The zero-order valence-corrected chi connectivity index (χ0v) is 11.6. The van der Waals surface area contributed by atoms with Gasteiger partial charge in [-0.1, -0.05) is 36.4 Å². The Hall–Kier alpha value is -1.84. The van der Waals surface area contributed by atoms with Crippen LogP contribution >= 0.6 is 0 Å². The van der Waals surface area contributed by atoms with Gasteiger partial charge >= 0.3 is 0 Å². The van der Waals surface area contributed by atoms with E-state index in [4.69, 9.17) is 9.47 Å². The molecule has 2 aromatic carbocycles. The smallest absolute Gasteiger partial charge is 0.132 e. The van der Waals surface area contributed by atoms with Crippen LogP contribution in [-0.2, 0) is 4.74 Å². The molecule has 0 fully saturated rings. The Labute approximate surface area is 119 Å². The largest absolute Gasteiger partial charge is 0.457 e. The number of benzene rings is 2. The molecular formula is C17H19NO2. The van der Waals surface area contributed by atoms with Crippen LogP contribution in [0.2, 0.25) is 0 Å². The van der Waals surface area contributed by atoms with Gasteiger partial charge in [0.15, 0.2) is 0 Å². The van der Waals surface area contributed by atoms with Gasteiger partial charge in [-0.25, -0.2) is 0 Å². The molecule has 3 rings (SSSR count). The summed E-state index contributed by atoms with van der Waals surface area (Å²) in [5.41, 5.74) is 2.40. The van der Waals surface area contributed by atoms with Crippen LogP contribution in [0.1, 0.15) is 23.6 Å². The summed E-state index contributed by atoms with van der Waals surface area (Å²) in [6.45, 7) is 1.70. The van der Waals surface area contributed by atoms with Crippen LogP contribution in [0.3, 0.4) is 0 Å². The first-order valence-electron chi connectivity index (χ1n) is 6.98. The molecule has 1 aliphatic rings. The Bertz CT molecular complexity index is 537. The van der Waals surface area contributed by atoms with Crippen LogP contribution in [0.15, 0.2) is 48.5 Å². The first-order valence-corrected chi connectivity index (χ1v) is 6.98. The average molecular weight is 269 g/mol. The second-order valence-corrected chi connectivity index (χ2v) is 4.91. The number of rotatable bonds is 5. The molecule has 0 radical (unpaired) electrons. The molecule has 2 aromatic rings. The fraction of sp³-hybridized carbons (Fsp3) is 0.294. The fourth-order valence-electron chi connectivity index (χ4n) is 2.59. The van der Waals surface area contributed by atoms with E-state index >= 15 is 0 Å². The lowest BCUT2D eigenvalue weighted by Crippen LogP contribution is -2.26. The van der Waals surface area contributed by atoms with Crippen molar-refractivity contribution in [1.82, 2.24) is 5.32 Å². The summed E-state index contributed by atoms with van der Waals surface area (Å²) < 4.78 is 11.1. The normalized spacial score (nSPS) is 13.4. The summed E-state index contributed by atoms with van der Waals surface area (Å²) in [4.78, 5) is 0. The Morgan fingerprint density at radius 1 is 1.00 bits per heavy atom. The molecular weight excluding hydrogens is 250 g/mol. The third-order valence-corrected chi connectivity index (χ3v) is 3.55. The number of fused-ring (bicyclic) bond motifs is 2. The molecule has 1 heterocycles. The lowest BCUT2D eigenvalue weighted by Gasteiger charge is -2.29. The van der Waals surface area contributed by atoms with Crippen molar-refractivity contribution in [2.45, 2.75) is 12.5 Å². The van der Waals surface area contributed by atoms with Gasteiger partial charge in [0.05, 0.1) is 6.04 Å². The third kappa shape index (κ3) is 2.55. The van der Waals surface area contributed by atoms with Crippen molar-refractivity contribution in [1.29, 1.82) is 0 Å². The summed E-state index contributed by atoms with van der Waals surface area (Å²) in [5, 5.41) is 3.61. The van der Waals surface area contributed by atoms with Crippen molar-refractivity contribution in [2.75, 3.05) is 20.3 Å². The minimum atomic E-state index is 0.188. The maximum absolute atomic E-state index is 5.97. The molecule has 1 N–H and O–H groups in total. The molecule has 3 nitrogen and oxygen atoms in total. The minimum absolute atomic E-state index is 0.188. The SMILES string of the molecule is COCCCNC1c2ccccc2Oc2ccccc21. The topological polar surface area (TPSA) is 30.5 Å². The first kappa shape index (κ1) is 13.2. The summed E-state index contributed by atoms with van der Waals surface area (Å²) >= 11 is 0. The third-order valence-electron chi connectivity index (χ3n) is 3.55. The van der Waals surface area contributed by atoms with E-state index in [-0.39, 0.29) is 6.04 Å². The van der Waals surface area contributed by atoms with E-state index in [1.807, 2.05) is 24.3 Å². The Morgan fingerprint density at radius 3 is 2.20 bits per heavy atom. The summed E-state index contributed by atoms with van der Waals surface area (Å²) in [7, 11) is 1.74. The lowest BCUT2D eigenvalue weighted by atomic mass is 9.94. The van der Waals surface area contributed by atoms with Crippen molar-refractivity contribution in [3.8, 4) is 11.5 Å². The number of methoxy groups -OCH3 is 1. The molecule has 0 amide bonds. The number of para-hydroxylation sites is 2. The molecule has 0 saturated heterocycles. The van der Waals surface area contributed by atoms with Crippen molar-refractivity contribution in [3.63, 3.8) is 0 Å². The van der Waals surface area contributed by atoms with Crippen LogP contribution in [0.25, 0.3) is 0 Å². The second kappa shape index (κ2) is 6.07. The zero-order valence-electron chi connectivity index (χ0n) is 11.6. The lowest BCUT2D eigenvalue weighted by molar-refractivity contribution is 0.193. The predicted molar refractivity (Wildman–Crippen MR) is 79.3 cm³/mol. The molecule has 0 aliphatic carbocycles. The van der Waals surface area contributed by atoms with Crippen LogP contribution in [0, 0.1) is 0 Å². The standard InChI is InChI=1S/C17H19NO2/c1-19-12-6-11-18-17-13-7-2-4-9-15(13)20-16-10-5-3-8-14(16)17/h2-5,7-10,17-18H,6,11-12H2,1H3. The van der Waals surface area contributed by atoms with Crippen LogP contribution in [-0.4, -0.2) is 20.3 Å². The van der Waals surface area contributed by atoms with E-state index in [9.17, 15) is 0 Å². The van der Waals surface area contributed by atoms with Gasteiger partial charge in [0, 0.05) is 24.8 Å². The molecule has 0 atom stereocenters. The molecule has 0 bridgehead atoms. The first-order chi connectivity index (χ1) is 9.90. The number of nitrogens with one attached hydrogen (secondary N) is 1. The fourth-order valence-corrected chi connectivity index (χ4v) is 2.59. The van der Waals surface area contributed by atoms with E-state index in [2.05, 4.69) is 29.6 Å².